The van der Waals surface area contributed by atoms with Crippen molar-refractivity contribution in [2.24, 2.45) is 0 Å². The number of benzene rings is 2. The zero-order valence-electron chi connectivity index (χ0n) is 12.2. The van der Waals surface area contributed by atoms with Gasteiger partial charge < -0.3 is 15.2 Å². The Hall–Kier alpha value is -2.49. The normalized spacial score (nSPS) is 10.2. The molecule has 0 fully saturated rings. The van der Waals surface area contributed by atoms with Gasteiger partial charge in [-0.25, -0.2) is 4.79 Å². The summed E-state index contributed by atoms with van der Waals surface area (Å²) >= 11 is 0. The van der Waals surface area contributed by atoms with E-state index in [0.29, 0.717) is 18.9 Å². The van der Waals surface area contributed by atoms with Crippen LogP contribution in [0, 0.1) is 13.8 Å². The number of nitrogens with one attached hydrogen (secondary N) is 1. The summed E-state index contributed by atoms with van der Waals surface area (Å²) in [6.45, 7) is 5.12. The Kier molecular flexibility index (Phi) is 4.82. The summed E-state index contributed by atoms with van der Waals surface area (Å²) < 4.78 is 5.54. The lowest BCUT2D eigenvalue weighted by Gasteiger charge is -2.12. The molecule has 4 heteroatoms. The van der Waals surface area contributed by atoms with Crippen LogP contribution < -0.4 is 10.1 Å². The number of carbonyl (C=O) groups is 1. The van der Waals surface area contributed by atoms with E-state index in [2.05, 4.69) is 31.3 Å². The lowest BCUT2D eigenvalue weighted by atomic mass is 10.1. The Morgan fingerprint density at radius 2 is 1.95 bits per heavy atom. The highest BCUT2D eigenvalue weighted by Crippen LogP contribution is 2.18. The number of rotatable bonds is 6. The minimum absolute atomic E-state index is 0.184. The summed E-state index contributed by atoms with van der Waals surface area (Å²) in [7, 11) is 0. The Balaban J connectivity index is 1.89. The van der Waals surface area contributed by atoms with Crippen molar-refractivity contribution in [1.29, 1.82) is 0 Å². The number of aromatic carboxylic acids is 1. The van der Waals surface area contributed by atoms with Crippen LogP contribution in [-0.4, -0.2) is 24.2 Å². The van der Waals surface area contributed by atoms with Crippen LogP contribution in [0.3, 0.4) is 0 Å². The molecule has 0 aliphatic carbocycles. The molecule has 0 aliphatic heterocycles. The number of aryl methyl sites for hydroxylation is 2. The van der Waals surface area contributed by atoms with Crippen molar-refractivity contribution in [3.8, 4) is 5.75 Å². The highest BCUT2D eigenvalue weighted by molar-refractivity contribution is 5.90. The molecule has 0 atom stereocenters. The van der Waals surface area contributed by atoms with Gasteiger partial charge in [-0.1, -0.05) is 29.8 Å². The maximum Gasteiger partial charge on any atom is 0.339 e. The third kappa shape index (κ3) is 3.99. The van der Waals surface area contributed by atoms with Gasteiger partial charge in [0.15, 0.2) is 0 Å². The topological polar surface area (TPSA) is 58.6 Å². The van der Waals surface area contributed by atoms with Crippen LogP contribution in [-0.2, 0) is 0 Å². The molecule has 0 spiro atoms. The van der Waals surface area contributed by atoms with Crippen LogP contribution >= 0.6 is 0 Å². The molecule has 2 N–H and O–H groups in total. The van der Waals surface area contributed by atoms with Crippen LogP contribution in [0.5, 0.6) is 5.75 Å². The largest absolute Gasteiger partial charge is 0.491 e. The molecule has 2 rings (SSSR count). The zero-order valence-corrected chi connectivity index (χ0v) is 12.2. The summed E-state index contributed by atoms with van der Waals surface area (Å²) in [5, 5.41) is 12.4. The fourth-order valence-corrected chi connectivity index (χ4v) is 2.13. The monoisotopic (exact) mass is 285 g/mol. The molecule has 0 saturated heterocycles. The molecule has 0 aliphatic rings. The average molecular weight is 285 g/mol. The van der Waals surface area contributed by atoms with Crippen LogP contribution in [0.15, 0.2) is 42.5 Å². The molecule has 2 aromatic rings. The summed E-state index contributed by atoms with van der Waals surface area (Å²) in [5.41, 5.74) is 3.66. The van der Waals surface area contributed by atoms with Crippen molar-refractivity contribution in [3.63, 3.8) is 0 Å². The number of ether oxygens (including phenoxy) is 1. The third-order valence-electron chi connectivity index (χ3n) is 3.17. The molecule has 0 bridgehead atoms. The quantitative estimate of drug-likeness (QED) is 0.798. The molecule has 110 valence electrons. The number of carboxylic acid groups (broad SMARTS) is 1. The fraction of sp³-hybridized carbons (Fsp3) is 0.235. The van der Waals surface area contributed by atoms with E-state index in [9.17, 15) is 4.79 Å². The highest BCUT2D eigenvalue weighted by atomic mass is 16.5. The second-order valence-corrected chi connectivity index (χ2v) is 4.89. The van der Waals surface area contributed by atoms with E-state index in [0.717, 1.165) is 5.69 Å². The van der Waals surface area contributed by atoms with E-state index in [1.807, 2.05) is 6.07 Å². The highest BCUT2D eigenvalue weighted by Gasteiger charge is 2.09. The minimum Gasteiger partial charge on any atom is -0.491 e. The van der Waals surface area contributed by atoms with Crippen molar-refractivity contribution in [2.45, 2.75) is 13.8 Å². The first-order valence-corrected chi connectivity index (χ1v) is 6.84. The van der Waals surface area contributed by atoms with Gasteiger partial charge in [0, 0.05) is 12.2 Å². The first-order chi connectivity index (χ1) is 10.1. The van der Waals surface area contributed by atoms with E-state index < -0.39 is 5.97 Å². The number of anilines is 1. The summed E-state index contributed by atoms with van der Waals surface area (Å²) in [6.07, 6.45) is 0. The standard InChI is InChI=1S/C17H19NO3/c1-12-7-8-15(13(2)11-12)18-9-10-21-16-6-4-3-5-14(16)17(19)20/h3-8,11,18H,9-10H2,1-2H3,(H,19,20). The van der Waals surface area contributed by atoms with Crippen molar-refractivity contribution in [2.75, 3.05) is 18.5 Å². The Morgan fingerprint density at radius 1 is 1.19 bits per heavy atom. The predicted molar refractivity (Wildman–Crippen MR) is 83.3 cm³/mol. The van der Waals surface area contributed by atoms with Gasteiger partial charge in [0.1, 0.15) is 17.9 Å². The second-order valence-electron chi connectivity index (χ2n) is 4.89. The lowest BCUT2D eigenvalue weighted by molar-refractivity contribution is 0.0692. The first-order valence-electron chi connectivity index (χ1n) is 6.84. The van der Waals surface area contributed by atoms with Gasteiger partial charge >= 0.3 is 5.97 Å². The van der Waals surface area contributed by atoms with E-state index in [1.54, 1.807) is 18.2 Å². The maximum absolute atomic E-state index is 11.1. The van der Waals surface area contributed by atoms with Crippen molar-refractivity contribution < 1.29 is 14.6 Å². The molecule has 0 radical (unpaired) electrons. The Morgan fingerprint density at radius 3 is 2.67 bits per heavy atom. The van der Waals surface area contributed by atoms with Crippen molar-refractivity contribution >= 4 is 11.7 Å². The molecule has 0 heterocycles. The lowest BCUT2D eigenvalue weighted by Crippen LogP contribution is -2.13. The van der Waals surface area contributed by atoms with Gasteiger partial charge in [-0.3, -0.25) is 0 Å². The number of hydrogen-bond donors (Lipinski definition) is 2. The first kappa shape index (κ1) is 14.9. The van der Waals surface area contributed by atoms with Crippen molar-refractivity contribution in [3.05, 3.63) is 59.2 Å². The predicted octanol–water partition coefficient (Wildman–Crippen LogP) is 3.49. The van der Waals surface area contributed by atoms with E-state index in [1.165, 1.54) is 17.2 Å². The molecule has 0 amide bonds. The van der Waals surface area contributed by atoms with Gasteiger partial charge in [0.25, 0.3) is 0 Å². The Bertz CT molecular complexity index is 638. The fourth-order valence-electron chi connectivity index (χ4n) is 2.13. The van der Waals surface area contributed by atoms with Crippen LogP contribution in [0.2, 0.25) is 0 Å². The van der Waals surface area contributed by atoms with Gasteiger partial charge in [-0.05, 0) is 37.6 Å². The van der Waals surface area contributed by atoms with Crippen LogP contribution in [0.4, 0.5) is 5.69 Å². The molecule has 0 saturated carbocycles. The molecule has 2 aromatic carbocycles. The van der Waals surface area contributed by atoms with Gasteiger partial charge in [0.2, 0.25) is 0 Å². The molecule has 4 nitrogen and oxygen atoms in total. The molecule has 0 unspecified atom stereocenters. The van der Waals surface area contributed by atoms with Gasteiger partial charge in [-0.15, -0.1) is 0 Å². The van der Waals surface area contributed by atoms with E-state index in [-0.39, 0.29) is 5.56 Å². The van der Waals surface area contributed by atoms with Crippen LogP contribution in [0.1, 0.15) is 21.5 Å². The van der Waals surface area contributed by atoms with E-state index >= 15 is 0 Å². The average Bonchev–Trinajstić information content (AvgIpc) is 2.45. The SMILES string of the molecule is Cc1ccc(NCCOc2ccccc2C(=O)O)c(C)c1. The molecule has 21 heavy (non-hydrogen) atoms. The second kappa shape index (κ2) is 6.79. The summed E-state index contributed by atoms with van der Waals surface area (Å²) in [6, 6.07) is 12.9. The van der Waals surface area contributed by atoms with Gasteiger partial charge in [0.05, 0.1) is 0 Å². The summed E-state index contributed by atoms with van der Waals surface area (Å²) in [5.74, 6) is -0.583. The van der Waals surface area contributed by atoms with Crippen LogP contribution in [0.25, 0.3) is 0 Å². The molecular formula is C17H19NO3. The molecule has 0 aromatic heterocycles. The molecular weight excluding hydrogens is 266 g/mol. The maximum atomic E-state index is 11.1. The number of carboxylic acids is 1. The minimum atomic E-state index is -0.979. The van der Waals surface area contributed by atoms with E-state index in [4.69, 9.17) is 9.84 Å². The van der Waals surface area contributed by atoms with Gasteiger partial charge in [-0.2, -0.15) is 0 Å². The number of hydrogen-bond acceptors (Lipinski definition) is 3. The Labute approximate surface area is 124 Å². The van der Waals surface area contributed by atoms with Crippen molar-refractivity contribution in [1.82, 2.24) is 0 Å². The summed E-state index contributed by atoms with van der Waals surface area (Å²) in [4.78, 5) is 11.1. The zero-order chi connectivity index (χ0) is 15.2. The smallest absolute Gasteiger partial charge is 0.339 e. The third-order valence-corrected chi connectivity index (χ3v) is 3.17. The number of para-hydroxylation sites is 1.